The zero-order chi connectivity index (χ0) is 36.1. The van der Waals surface area contributed by atoms with Gasteiger partial charge >= 0.3 is 6.09 Å². The third kappa shape index (κ3) is 10.0. The quantitative estimate of drug-likeness (QED) is 0.275. The molecule has 2 fully saturated rings. The van der Waals surface area contributed by atoms with Gasteiger partial charge in [-0.1, -0.05) is 32.8 Å². The van der Waals surface area contributed by atoms with Crippen molar-refractivity contribution in [1.29, 1.82) is 0 Å². The number of hydrogen-bond acceptors (Lipinski definition) is 7. The van der Waals surface area contributed by atoms with Crippen LogP contribution < -0.4 is 16.0 Å². The van der Waals surface area contributed by atoms with Crippen LogP contribution in [0.4, 0.5) is 14.9 Å². The van der Waals surface area contributed by atoms with E-state index in [1.165, 1.54) is 18.3 Å². The van der Waals surface area contributed by atoms with Crippen LogP contribution >= 0.6 is 0 Å². The van der Waals surface area contributed by atoms with Gasteiger partial charge in [-0.05, 0) is 95.9 Å². The van der Waals surface area contributed by atoms with Crippen LogP contribution in [0.2, 0.25) is 0 Å². The second-order valence-corrected chi connectivity index (χ2v) is 15.0. The van der Waals surface area contributed by atoms with Crippen LogP contribution in [0.15, 0.2) is 30.5 Å². The van der Waals surface area contributed by atoms with Crippen LogP contribution in [-0.4, -0.2) is 80.0 Å². The monoisotopic (exact) mass is 684 g/mol. The summed E-state index contributed by atoms with van der Waals surface area (Å²) in [6, 6.07) is 3.91. The molecule has 270 valence electrons. The van der Waals surface area contributed by atoms with Crippen LogP contribution in [0.5, 0.6) is 0 Å². The Morgan fingerprint density at radius 2 is 1.73 bits per heavy atom. The van der Waals surface area contributed by atoms with Gasteiger partial charge in [0.15, 0.2) is 0 Å². The van der Waals surface area contributed by atoms with Gasteiger partial charge in [0.05, 0.1) is 11.3 Å². The Morgan fingerprint density at radius 3 is 2.33 bits per heavy atom. The van der Waals surface area contributed by atoms with Gasteiger partial charge in [0.25, 0.3) is 5.91 Å². The molecule has 12 nitrogen and oxygen atoms in total. The molecule has 4 amide bonds. The fraction of sp³-hybridized carbons (Fsp3) is 0.639. The highest BCUT2D eigenvalue weighted by Gasteiger charge is 2.38. The zero-order valence-electron chi connectivity index (χ0n) is 29.8. The molecule has 4 rings (SSSR count). The summed E-state index contributed by atoms with van der Waals surface area (Å²) in [4.78, 5) is 55.2. The number of likely N-dealkylation sites (tertiary alicyclic amines) is 1. The molecule has 1 saturated carbocycles. The highest BCUT2D eigenvalue weighted by atomic mass is 19.1. The Balaban J connectivity index is 1.54. The Labute approximate surface area is 288 Å². The number of ether oxygens (including phenoxy) is 1. The molecule has 2 heterocycles. The minimum Gasteiger partial charge on any atom is -0.444 e. The predicted molar refractivity (Wildman–Crippen MR) is 183 cm³/mol. The third-order valence-electron chi connectivity index (χ3n) is 9.72. The maximum Gasteiger partial charge on any atom is 0.408 e. The van der Waals surface area contributed by atoms with E-state index in [2.05, 4.69) is 28.0 Å². The lowest BCUT2D eigenvalue weighted by atomic mass is 9.79. The van der Waals surface area contributed by atoms with Crippen molar-refractivity contribution in [3.05, 3.63) is 47.5 Å². The van der Waals surface area contributed by atoms with E-state index in [9.17, 15) is 24.3 Å². The molecule has 1 aromatic carbocycles. The second-order valence-electron chi connectivity index (χ2n) is 15.0. The number of alkyl carbamates (subject to hydrolysis) is 1. The molecule has 0 spiro atoms. The van der Waals surface area contributed by atoms with Crippen LogP contribution in [0, 0.1) is 17.7 Å². The lowest BCUT2D eigenvalue weighted by Gasteiger charge is -2.38. The molecule has 1 aliphatic heterocycles. The number of aliphatic hydroxyl groups is 1. The number of amides is 4. The minimum absolute atomic E-state index is 0.0655. The number of piperidine rings is 1. The molecule has 49 heavy (non-hydrogen) atoms. The highest BCUT2D eigenvalue weighted by molar-refractivity contribution is 6.00. The van der Waals surface area contributed by atoms with Crippen molar-refractivity contribution in [2.45, 2.75) is 123 Å². The molecule has 1 saturated heterocycles. The summed E-state index contributed by atoms with van der Waals surface area (Å²) in [6.45, 7) is 13.7. The van der Waals surface area contributed by atoms with Gasteiger partial charge in [-0.2, -0.15) is 5.10 Å². The molecule has 0 radical (unpaired) electrons. The van der Waals surface area contributed by atoms with Crippen LogP contribution in [0.1, 0.15) is 109 Å². The number of halogens is 1. The van der Waals surface area contributed by atoms with Crippen LogP contribution in [0.3, 0.4) is 0 Å². The number of rotatable bonds is 10. The Morgan fingerprint density at radius 1 is 1.08 bits per heavy atom. The average molecular weight is 685 g/mol. The number of nitrogens with one attached hydrogen (secondary N) is 3. The van der Waals surface area contributed by atoms with E-state index in [0.717, 1.165) is 25.7 Å². The molecule has 0 unspecified atom stereocenters. The average Bonchev–Trinajstić information content (AvgIpc) is 3.52. The summed E-state index contributed by atoms with van der Waals surface area (Å²) in [6.07, 6.45) is 4.88. The van der Waals surface area contributed by atoms with Gasteiger partial charge in [0.2, 0.25) is 11.8 Å². The molecule has 13 heteroatoms. The van der Waals surface area contributed by atoms with E-state index >= 15 is 4.39 Å². The van der Waals surface area contributed by atoms with E-state index < -0.39 is 52.9 Å². The number of aryl methyl sites for hydroxylation is 1. The summed E-state index contributed by atoms with van der Waals surface area (Å²) in [5.74, 6) is -2.30. The van der Waals surface area contributed by atoms with Crippen LogP contribution in [-0.2, 0) is 20.9 Å². The first-order valence-electron chi connectivity index (χ1n) is 17.4. The molecule has 2 aromatic rings. The SMILES string of the molecule is CCn1nccc1C(=O)N[C@H](C(=O)Nc1ccc([C@H](C)[C@@H](NC(=O)OC(C)(C)C)C(=O)N2CCC(C)(O)CC2)cc1F)C1CCC(C)CC1. The van der Waals surface area contributed by atoms with E-state index in [-0.39, 0.29) is 17.5 Å². The molecule has 2 aliphatic rings. The van der Waals surface area contributed by atoms with Crippen molar-refractivity contribution >= 4 is 29.5 Å². The Bertz CT molecular complexity index is 1480. The van der Waals surface area contributed by atoms with Crippen molar-refractivity contribution in [2.24, 2.45) is 11.8 Å². The molecular formula is C36H53FN6O6. The van der Waals surface area contributed by atoms with Crippen molar-refractivity contribution in [3.63, 3.8) is 0 Å². The number of aromatic nitrogens is 2. The topological polar surface area (TPSA) is 155 Å². The standard InChI is InChI=1S/C36H53FN6O6/c1-8-43-28(15-18-38-43)31(44)40-30(24-11-9-22(2)10-12-24)32(45)39-27-14-13-25(21-26(27)37)23(3)29(41-34(47)49-35(4,5)6)33(46)42-19-16-36(7,48)17-20-42/h13-15,18,21-24,29-30,48H,8-12,16-17,19-20H2,1-7H3,(H,39,45)(H,40,44)(H,41,47)/t22?,23-,24?,29+,30-/m0/s1. The van der Waals surface area contributed by atoms with Crippen LogP contribution in [0.25, 0.3) is 0 Å². The maximum absolute atomic E-state index is 15.8. The number of carbonyl (C=O) groups excluding carboxylic acids is 4. The zero-order valence-corrected chi connectivity index (χ0v) is 29.8. The molecule has 1 aromatic heterocycles. The molecule has 3 atom stereocenters. The predicted octanol–water partition coefficient (Wildman–Crippen LogP) is 4.98. The van der Waals surface area contributed by atoms with Crippen molar-refractivity contribution in [2.75, 3.05) is 18.4 Å². The van der Waals surface area contributed by atoms with E-state index in [0.29, 0.717) is 49.7 Å². The first-order chi connectivity index (χ1) is 23.0. The minimum atomic E-state index is -1.08. The molecule has 1 aliphatic carbocycles. The van der Waals surface area contributed by atoms with E-state index in [1.54, 1.807) is 56.3 Å². The number of anilines is 1. The fourth-order valence-electron chi connectivity index (χ4n) is 6.57. The lowest BCUT2D eigenvalue weighted by Crippen LogP contribution is -2.55. The largest absolute Gasteiger partial charge is 0.444 e. The normalized spacial score (nSPS) is 21.2. The lowest BCUT2D eigenvalue weighted by molar-refractivity contribution is -0.137. The van der Waals surface area contributed by atoms with Gasteiger partial charge in [-0.3, -0.25) is 19.1 Å². The summed E-state index contributed by atoms with van der Waals surface area (Å²) < 4.78 is 22.7. The van der Waals surface area contributed by atoms with E-state index in [1.807, 2.05) is 6.92 Å². The van der Waals surface area contributed by atoms with Crippen molar-refractivity contribution in [3.8, 4) is 0 Å². The highest BCUT2D eigenvalue weighted by Crippen LogP contribution is 2.32. The Hall–Kier alpha value is -4.00. The number of nitrogens with zero attached hydrogens (tertiary/aromatic N) is 3. The smallest absolute Gasteiger partial charge is 0.408 e. The van der Waals surface area contributed by atoms with Gasteiger partial charge in [-0.15, -0.1) is 0 Å². The Kier molecular flexibility index (Phi) is 12.1. The fourth-order valence-corrected chi connectivity index (χ4v) is 6.57. The summed E-state index contributed by atoms with van der Waals surface area (Å²) >= 11 is 0. The first kappa shape index (κ1) is 37.8. The van der Waals surface area contributed by atoms with E-state index in [4.69, 9.17) is 4.74 Å². The molecular weight excluding hydrogens is 631 g/mol. The second kappa shape index (κ2) is 15.7. The molecule has 0 bridgehead atoms. The van der Waals surface area contributed by atoms with Gasteiger partial charge in [-0.25, -0.2) is 9.18 Å². The first-order valence-corrected chi connectivity index (χ1v) is 17.4. The third-order valence-corrected chi connectivity index (χ3v) is 9.72. The molecule has 4 N–H and O–H groups in total. The van der Waals surface area contributed by atoms with Gasteiger partial charge in [0, 0.05) is 31.7 Å². The number of hydrogen-bond donors (Lipinski definition) is 4. The summed E-state index contributed by atoms with van der Waals surface area (Å²) in [7, 11) is 0. The van der Waals surface area contributed by atoms with Gasteiger partial charge in [0.1, 0.15) is 29.2 Å². The number of benzene rings is 1. The maximum atomic E-state index is 15.8. The van der Waals surface area contributed by atoms with Crippen molar-refractivity contribution in [1.82, 2.24) is 25.3 Å². The number of carbonyl (C=O) groups is 4. The van der Waals surface area contributed by atoms with Crippen molar-refractivity contribution < 1.29 is 33.4 Å². The van der Waals surface area contributed by atoms with Gasteiger partial charge < -0.3 is 30.7 Å². The summed E-state index contributed by atoms with van der Waals surface area (Å²) in [5, 5.41) is 22.8. The summed E-state index contributed by atoms with van der Waals surface area (Å²) in [5.41, 5.74) is -0.985.